The standard InChI is InChI=1S/C20H20ClN5O4S/c1-12-3-5-14(8-15(12)21)26-11-23-25-20(26)31-10-19(28)24-13-4-6-16(29-2)17(7-13)30-9-18(22)27/h3-8,11H,9-10H2,1-2H3,(H2,22,27)(H,24,28). The number of rotatable bonds is 9. The Hall–Kier alpha value is -3.24. The van der Waals surface area contributed by atoms with Gasteiger partial charge in [0.15, 0.2) is 23.3 Å². The lowest BCUT2D eigenvalue weighted by molar-refractivity contribution is -0.120. The van der Waals surface area contributed by atoms with E-state index in [1.807, 2.05) is 25.1 Å². The fraction of sp³-hybridized carbons (Fsp3) is 0.200. The zero-order valence-electron chi connectivity index (χ0n) is 16.8. The highest BCUT2D eigenvalue weighted by molar-refractivity contribution is 7.99. The van der Waals surface area contributed by atoms with Gasteiger partial charge in [0.2, 0.25) is 5.91 Å². The normalized spacial score (nSPS) is 10.5. The fourth-order valence-corrected chi connectivity index (χ4v) is 3.48. The molecular formula is C20H20ClN5O4S. The molecular weight excluding hydrogens is 442 g/mol. The molecule has 0 bridgehead atoms. The van der Waals surface area contributed by atoms with Crippen LogP contribution in [0.1, 0.15) is 5.56 Å². The van der Waals surface area contributed by atoms with Gasteiger partial charge in [0.05, 0.1) is 18.6 Å². The number of benzene rings is 2. The minimum atomic E-state index is -0.619. The maximum atomic E-state index is 12.4. The van der Waals surface area contributed by atoms with E-state index in [0.29, 0.717) is 27.4 Å². The Kier molecular flexibility index (Phi) is 7.37. The first kappa shape index (κ1) is 22.4. The summed E-state index contributed by atoms with van der Waals surface area (Å²) in [4.78, 5) is 23.4. The van der Waals surface area contributed by atoms with E-state index in [1.165, 1.54) is 18.9 Å². The molecule has 0 saturated heterocycles. The van der Waals surface area contributed by atoms with Crippen molar-refractivity contribution in [1.82, 2.24) is 14.8 Å². The molecule has 2 amide bonds. The summed E-state index contributed by atoms with van der Waals surface area (Å²) in [5.41, 5.74) is 7.36. The molecule has 0 radical (unpaired) electrons. The number of nitrogens with one attached hydrogen (secondary N) is 1. The number of hydrogen-bond donors (Lipinski definition) is 2. The highest BCUT2D eigenvalue weighted by atomic mass is 35.5. The lowest BCUT2D eigenvalue weighted by atomic mass is 10.2. The molecule has 0 fully saturated rings. The van der Waals surface area contributed by atoms with Gasteiger partial charge < -0.3 is 20.5 Å². The first-order valence-corrected chi connectivity index (χ1v) is 10.4. The number of nitrogens with two attached hydrogens (primary N) is 1. The molecule has 0 atom stereocenters. The number of methoxy groups -OCH3 is 1. The van der Waals surface area contributed by atoms with Crippen LogP contribution in [0.2, 0.25) is 5.02 Å². The van der Waals surface area contributed by atoms with Crippen molar-refractivity contribution in [2.45, 2.75) is 12.1 Å². The van der Waals surface area contributed by atoms with Gasteiger partial charge in [0.1, 0.15) is 6.33 Å². The fourth-order valence-electron chi connectivity index (χ4n) is 2.57. The molecule has 1 heterocycles. The van der Waals surface area contributed by atoms with Crippen LogP contribution in [0.15, 0.2) is 47.9 Å². The number of primary amides is 1. The van der Waals surface area contributed by atoms with E-state index in [-0.39, 0.29) is 18.3 Å². The summed E-state index contributed by atoms with van der Waals surface area (Å²) < 4.78 is 12.3. The summed E-state index contributed by atoms with van der Waals surface area (Å²) in [6.07, 6.45) is 1.56. The lowest BCUT2D eigenvalue weighted by Crippen LogP contribution is -2.20. The van der Waals surface area contributed by atoms with Crippen LogP contribution in [0.5, 0.6) is 11.5 Å². The van der Waals surface area contributed by atoms with E-state index < -0.39 is 5.91 Å². The van der Waals surface area contributed by atoms with Gasteiger partial charge in [-0.05, 0) is 36.8 Å². The van der Waals surface area contributed by atoms with Crippen molar-refractivity contribution < 1.29 is 19.1 Å². The van der Waals surface area contributed by atoms with Crippen molar-refractivity contribution in [2.75, 3.05) is 24.8 Å². The topological polar surface area (TPSA) is 121 Å². The summed E-state index contributed by atoms with van der Waals surface area (Å²) >= 11 is 7.43. The van der Waals surface area contributed by atoms with Gasteiger partial charge in [-0.1, -0.05) is 29.4 Å². The van der Waals surface area contributed by atoms with Gasteiger partial charge in [0, 0.05) is 16.8 Å². The number of thioether (sulfide) groups is 1. The minimum absolute atomic E-state index is 0.0990. The molecule has 1 aromatic heterocycles. The second-order valence-corrected chi connectivity index (χ2v) is 7.72. The van der Waals surface area contributed by atoms with Gasteiger partial charge in [-0.2, -0.15) is 0 Å². The maximum absolute atomic E-state index is 12.4. The van der Waals surface area contributed by atoms with Crippen molar-refractivity contribution in [3.63, 3.8) is 0 Å². The van der Waals surface area contributed by atoms with Crippen LogP contribution in [0.3, 0.4) is 0 Å². The third-order valence-electron chi connectivity index (χ3n) is 4.10. The van der Waals surface area contributed by atoms with Crippen molar-refractivity contribution in [1.29, 1.82) is 0 Å². The second-order valence-electron chi connectivity index (χ2n) is 6.37. The summed E-state index contributed by atoms with van der Waals surface area (Å²) in [6, 6.07) is 10.5. The Morgan fingerprint density at radius 1 is 1.23 bits per heavy atom. The van der Waals surface area contributed by atoms with Crippen molar-refractivity contribution in [3.8, 4) is 17.2 Å². The van der Waals surface area contributed by atoms with Gasteiger partial charge in [0.25, 0.3) is 5.91 Å². The number of aromatic nitrogens is 3. The van der Waals surface area contributed by atoms with Gasteiger partial charge in [-0.3, -0.25) is 14.2 Å². The smallest absolute Gasteiger partial charge is 0.255 e. The first-order valence-electron chi connectivity index (χ1n) is 9.05. The molecule has 162 valence electrons. The molecule has 0 aliphatic carbocycles. The lowest BCUT2D eigenvalue weighted by Gasteiger charge is -2.12. The predicted molar refractivity (Wildman–Crippen MR) is 118 cm³/mol. The number of amides is 2. The third-order valence-corrected chi connectivity index (χ3v) is 5.45. The molecule has 0 unspecified atom stereocenters. The number of aryl methyl sites for hydroxylation is 1. The van der Waals surface area contributed by atoms with Crippen LogP contribution in [0.4, 0.5) is 5.69 Å². The Labute approximate surface area is 187 Å². The van der Waals surface area contributed by atoms with Crippen LogP contribution in [-0.4, -0.2) is 46.0 Å². The molecule has 3 rings (SSSR count). The van der Waals surface area contributed by atoms with Crippen LogP contribution < -0.4 is 20.5 Å². The van der Waals surface area contributed by atoms with Crippen LogP contribution in [0, 0.1) is 6.92 Å². The number of carbonyl (C=O) groups excluding carboxylic acids is 2. The number of halogens is 1. The maximum Gasteiger partial charge on any atom is 0.255 e. The largest absolute Gasteiger partial charge is 0.493 e. The quantitative estimate of drug-likeness (QED) is 0.470. The monoisotopic (exact) mass is 461 g/mol. The average Bonchev–Trinajstić information content (AvgIpc) is 3.21. The number of nitrogens with zero attached hydrogens (tertiary/aromatic N) is 3. The van der Waals surface area contributed by atoms with Gasteiger partial charge >= 0.3 is 0 Å². The summed E-state index contributed by atoms with van der Waals surface area (Å²) in [5, 5.41) is 12.0. The van der Waals surface area contributed by atoms with E-state index in [4.69, 9.17) is 26.8 Å². The Bertz CT molecular complexity index is 1100. The van der Waals surface area contributed by atoms with Gasteiger partial charge in [-0.15, -0.1) is 10.2 Å². The Morgan fingerprint density at radius 3 is 2.74 bits per heavy atom. The van der Waals surface area contributed by atoms with Crippen molar-refractivity contribution in [3.05, 3.63) is 53.3 Å². The van der Waals surface area contributed by atoms with E-state index in [2.05, 4.69) is 15.5 Å². The number of carbonyl (C=O) groups is 2. The molecule has 3 N–H and O–H groups in total. The molecule has 2 aromatic carbocycles. The molecule has 0 aliphatic rings. The zero-order chi connectivity index (χ0) is 22.4. The SMILES string of the molecule is COc1ccc(NC(=O)CSc2nncn2-c2ccc(C)c(Cl)c2)cc1OCC(N)=O. The summed E-state index contributed by atoms with van der Waals surface area (Å²) in [6.45, 7) is 1.62. The Morgan fingerprint density at radius 2 is 2.03 bits per heavy atom. The predicted octanol–water partition coefficient (Wildman–Crippen LogP) is 2.83. The Balaban J connectivity index is 1.65. The van der Waals surface area contributed by atoms with Crippen LogP contribution in [-0.2, 0) is 9.59 Å². The number of anilines is 1. The highest BCUT2D eigenvalue weighted by Gasteiger charge is 2.13. The summed E-state index contributed by atoms with van der Waals surface area (Å²) in [5.74, 6) is -0.0671. The molecule has 11 heteroatoms. The van der Waals surface area contributed by atoms with Gasteiger partial charge in [-0.25, -0.2) is 0 Å². The van der Waals surface area contributed by atoms with Crippen molar-refractivity contribution in [2.24, 2.45) is 5.73 Å². The molecule has 0 aliphatic heterocycles. The zero-order valence-corrected chi connectivity index (χ0v) is 18.4. The molecule has 31 heavy (non-hydrogen) atoms. The first-order chi connectivity index (χ1) is 14.9. The van der Waals surface area contributed by atoms with E-state index in [9.17, 15) is 9.59 Å². The second kappa shape index (κ2) is 10.2. The van der Waals surface area contributed by atoms with Crippen LogP contribution in [0.25, 0.3) is 5.69 Å². The third kappa shape index (κ3) is 5.89. The number of ether oxygens (including phenoxy) is 2. The van der Waals surface area contributed by atoms with Crippen LogP contribution >= 0.6 is 23.4 Å². The molecule has 0 spiro atoms. The van der Waals surface area contributed by atoms with E-state index >= 15 is 0 Å². The highest BCUT2D eigenvalue weighted by Crippen LogP contribution is 2.30. The summed E-state index contributed by atoms with van der Waals surface area (Å²) in [7, 11) is 1.47. The average molecular weight is 462 g/mol. The van der Waals surface area contributed by atoms with E-state index in [0.717, 1.165) is 11.3 Å². The molecule has 0 saturated carbocycles. The molecule has 9 nitrogen and oxygen atoms in total. The van der Waals surface area contributed by atoms with Crippen molar-refractivity contribution >= 4 is 40.9 Å². The molecule has 3 aromatic rings. The van der Waals surface area contributed by atoms with E-state index in [1.54, 1.807) is 29.1 Å². The minimum Gasteiger partial charge on any atom is -0.493 e. The number of hydrogen-bond acceptors (Lipinski definition) is 7.